The van der Waals surface area contributed by atoms with Gasteiger partial charge in [0.2, 0.25) is 12.7 Å². The van der Waals surface area contributed by atoms with Crippen molar-refractivity contribution >= 4 is 17.6 Å². The van der Waals surface area contributed by atoms with Gasteiger partial charge in [0, 0.05) is 11.8 Å². The van der Waals surface area contributed by atoms with Crippen LogP contribution in [0.25, 0.3) is 0 Å². The Morgan fingerprint density at radius 3 is 2.71 bits per heavy atom. The maximum absolute atomic E-state index is 12.3. The number of fused-ring (bicyclic) bond motifs is 1. The first-order valence-electron chi connectivity index (χ1n) is 6.77. The van der Waals surface area contributed by atoms with E-state index in [2.05, 4.69) is 10.6 Å². The molecule has 0 spiro atoms. The summed E-state index contributed by atoms with van der Waals surface area (Å²) in [6.07, 6.45) is 0.736. The van der Waals surface area contributed by atoms with E-state index in [1.54, 1.807) is 18.2 Å². The van der Waals surface area contributed by atoms with Crippen molar-refractivity contribution in [2.24, 2.45) is 11.7 Å². The molecule has 1 heterocycles. The monoisotopic (exact) mass is 293 g/mol. The van der Waals surface area contributed by atoms with Gasteiger partial charge in [-0.2, -0.15) is 0 Å². The fourth-order valence-corrected chi connectivity index (χ4v) is 2.05. The number of hydrogen-bond acceptors (Lipinski definition) is 4. The molecule has 3 amide bonds. The molecule has 1 aromatic carbocycles. The lowest BCUT2D eigenvalue weighted by atomic mass is 9.98. The number of benzene rings is 1. The molecule has 2 atom stereocenters. The van der Waals surface area contributed by atoms with Crippen LogP contribution in [0.2, 0.25) is 0 Å². The molecule has 1 aliphatic heterocycles. The minimum absolute atomic E-state index is 0.0356. The van der Waals surface area contributed by atoms with Gasteiger partial charge in [-0.05, 0) is 18.1 Å². The first kappa shape index (κ1) is 15.0. The van der Waals surface area contributed by atoms with Crippen LogP contribution in [-0.2, 0) is 4.79 Å². The molecule has 0 aromatic heterocycles. The van der Waals surface area contributed by atoms with Gasteiger partial charge in [-0.15, -0.1) is 0 Å². The van der Waals surface area contributed by atoms with Crippen LogP contribution in [0.1, 0.15) is 20.3 Å². The number of nitrogens with two attached hydrogens (primary N) is 1. The van der Waals surface area contributed by atoms with Gasteiger partial charge >= 0.3 is 6.03 Å². The van der Waals surface area contributed by atoms with Crippen molar-refractivity contribution in [3.63, 3.8) is 0 Å². The maximum atomic E-state index is 12.3. The zero-order valence-corrected chi connectivity index (χ0v) is 12.0. The third kappa shape index (κ3) is 3.56. The van der Waals surface area contributed by atoms with Crippen LogP contribution in [-0.4, -0.2) is 24.8 Å². The highest BCUT2D eigenvalue weighted by Gasteiger charge is 2.25. The summed E-state index contributed by atoms with van der Waals surface area (Å²) in [6.45, 7) is 3.99. The quantitative estimate of drug-likeness (QED) is 0.764. The molecule has 0 saturated heterocycles. The summed E-state index contributed by atoms with van der Waals surface area (Å²) >= 11 is 0. The van der Waals surface area contributed by atoms with Crippen LogP contribution in [0.5, 0.6) is 11.5 Å². The molecule has 0 radical (unpaired) electrons. The number of urea groups is 1. The van der Waals surface area contributed by atoms with Crippen molar-refractivity contribution in [2.75, 3.05) is 12.1 Å². The minimum atomic E-state index is -0.721. The van der Waals surface area contributed by atoms with Crippen LogP contribution >= 0.6 is 0 Å². The van der Waals surface area contributed by atoms with Crippen molar-refractivity contribution in [3.8, 4) is 11.5 Å². The van der Waals surface area contributed by atoms with Crippen LogP contribution in [0.3, 0.4) is 0 Å². The third-order valence-corrected chi connectivity index (χ3v) is 3.43. The Labute approximate surface area is 122 Å². The van der Waals surface area contributed by atoms with Crippen LogP contribution in [0.15, 0.2) is 18.2 Å². The van der Waals surface area contributed by atoms with E-state index in [1.807, 2.05) is 13.8 Å². The molecule has 0 unspecified atom stereocenters. The fourth-order valence-electron chi connectivity index (χ4n) is 2.05. The first-order valence-corrected chi connectivity index (χ1v) is 6.77. The summed E-state index contributed by atoms with van der Waals surface area (Å²) in [5.74, 6) is 0.867. The number of amides is 3. The second-order valence-corrected chi connectivity index (χ2v) is 4.93. The fraction of sp³-hybridized carbons (Fsp3) is 0.429. The largest absolute Gasteiger partial charge is 0.454 e. The molecule has 7 nitrogen and oxygen atoms in total. The number of nitrogens with one attached hydrogen (secondary N) is 2. The van der Waals surface area contributed by atoms with Gasteiger partial charge in [0.1, 0.15) is 6.04 Å². The average molecular weight is 293 g/mol. The molecule has 21 heavy (non-hydrogen) atoms. The van der Waals surface area contributed by atoms with E-state index in [0.29, 0.717) is 17.2 Å². The molecule has 0 saturated carbocycles. The summed E-state index contributed by atoms with van der Waals surface area (Å²) in [6, 6.07) is 3.71. The van der Waals surface area contributed by atoms with E-state index in [1.165, 1.54) is 0 Å². The van der Waals surface area contributed by atoms with Crippen molar-refractivity contribution < 1.29 is 19.1 Å². The van der Waals surface area contributed by atoms with E-state index in [0.717, 1.165) is 6.42 Å². The van der Waals surface area contributed by atoms with Crippen molar-refractivity contribution in [1.29, 1.82) is 0 Å². The maximum Gasteiger partial charge on any atom is 0.312 e. The molecule has 0 aliphatic carbocycles. The molecule has 0 fully saturated rings. The van der Waals surface area contributed by atoms with Crippen molar-refractivity contribution in [3.05, 3.63) is 18.2 Å². The highest BCUT2D eigenvalue weighted by Crippen LogP contribution is 2.34. The number of anilines is 1. The zero-order chi connectivity index (χ0) is 15.4. The smallest absolute Gasteiger partial charge is 0.312 e. The second kappa shape index (κ2) is 6.34. The van der Waals surface area contributed by atoms with Crippen LogP contribution < -0.4 is 25.8 Å². The molecule has 0 bridgehead atoms. The number of carbonyl (C=O) groups is 2. The third-order valence-electron chi connectivity index (χ3n) is 3.43. The van der Waals surface area contributed by atoms with E-state index in [-0.39, 0.29) is 18.6 Å². The van der Waals surface area contributed by atoms with E-state index in [4.69, 9.17) is 15.2 Å². The summed E-state index contributed by atoms with van der Waals surface area (Å²) < 4.78 is 10.5. The number of ether oxygens (including phenoxy) is 2. The van der Waals surface area contributed by atoms with Gasteiger partial charge in [0.05, 0.1) is 0 Å². The van der Waals surface area contributed by atoms with Crippen LogP contribution in [0, 0.1) is 5.92 Å². The number of carbonyl (C=O) groups excluding carboxylic acids is 2. The van der Waals surface area contributed by atoms with Gasteiger partial charge < -0.3 is 25.8 Å². The molecular weight excluding hydrogens is 274 g/mol. The van der Waals surface area contributed by atoms with Gasteiger partial charge in [-0.3, -0.25) is 4.79 Å². The molecule has 4 N–H and O–H groups in total. The Morgan fingerprint density at radius 1 is 1.33 bits per heavy atom. The minimum Gasteiger partial charge on any atom is -0.454 e. The predicted molar refractivity (Wildman–Crippen MR) is 77.2 cm³/mol. The molecule has 7 heteroatoms. The molecular formula is C14H19N3O4. The van der Waals surface area contributed by atoms with E-state index in [9.17, 15) is 9.59 Å². The summed E-state index contributed by atoms with van der Waals surface area (Å²) in [4.78, 5) is 23.3. The normalized spacial score (nSPS) is 15.1. The Hall–Kier alpha value is -2.44. The lowest BCUT2D eigenvalue weighted by Crippen LogP contribution is -2.49. The summed E-state index contributed by atoms with van der Waals surface area (Å²) in [7, 11) is 0. The topological polar surface area (TPSA) is 103 Å². The highest BCUT2D eigenvalue weighted by atomic mass is 16.7. The van der Waals surface area contributed by atoms with E-state index < -0.39 is 12.1 Å². The number of rotatable bonds is 5. The Bertz CT molecular complexity index is 547. The first-order chi connectivity index (χ1) is 10.0. The van der Waals surface area contributed by atoms with Crippen LogP contribution in [0.4, 0.5) is 10.5 Å². The molecule has 1 aromatic rings. The summed E-state index contributed by atoms with van der Waals surface area (Å²) in [5, 5.41) is 5.22. The Balaban J connectivity index is 2.09. The Morgan fingerprint density at radius 2 is 2.05 bits per heavy atom. The standard InChI is InChI=1S/C14H19N3O4/c1-3-8(2)12(17-14(15)19)13(18)16-9-4-5-10-11(6-9)21-7-20-10/h4-6,8,12H,3,7H2,1-2H3,(H,16,18)(H3,15,17,19)/t8-,12+/m1/s1. The summed E-state index contributed by atoms with van der Waals surface area (Å²) in [5.41, 5.74) is 5.70. The van der Waals surface area contributed by atoms with Gasteiger partial charge in [-0.25, -0.2) is 4.79 Å². The highest BCUT2D eigenvalue weighted by molar-refractivity contribution is 5.97. The predicted octanol–water partition coefficient (Wildman–Crippen LogP) is 1.44. The lowest BCUT2D eigenvalue weighted by Gasteiger charge is -2.22. The SMILES string of the molecule is CC[C@@H](C)[C@H](NC(N)=O)C(=O)Nc1ccc2c(c1)OCO2. The van der Waals surface area contributed by atoms with E-state index >= 15 is 0 Å². The van der Waals surface area contributed by atoms with Crippen molar-refractivity contribution in [2.45, 2.75) is 26.3 Å². The lowest BCUT2D eigenvalue weighted by molar-refractivity contribution is -0.119. The zero-order valence-electron chi connectivity index (χ0n) is 12.0. The second-order valence-electron chi connectivity index (χ2n) is 4.93. The van der Waals surface area contributed by atoms with Gasteiger partial charge in [0.15, 0.2) is 11.5 Å². The Kier molecular flexibility index (Phi) is 4.52. The van der Waals surface area contributed by atoms with Crippen molar-refractivity contribution in [1.82, 2.24) is 5.32 Å². The van der Waals surface area contributed by atoms with Gasteiger partial charge in [0.25, 0.3) is 0 Å². The number of hydrogen-bond donors (Lipinski definition) is 3. The molecule has 1 aliphatic rings. The average Bonchev–Trinajstić information content (AvgIpc) is 2.91. The molecule has 114 valence electrons. The van der Waals surface area contributed by atoms with Gasteiger partial charge in [-0.1, -0.05) is 20.3 Å². The molecule has 2 rings (SSSR count). The number of primary amides is 1.